The first kappa shape index (κ1) is 20.6. The number of benzene rings is 2. The van der Waals surface area contributed by atoms with Crippen molar-refractivity contribution >= 4 is 28.8 Å². The summed E-state index contributed by atoms with van der Waals surface area (Å²) in [4.78, 5) is 29.2. The Hall–Kier alpha value is -3.64. The number of carbonyl (C=O) groups excluding carboxylic acids is 1. The number of pyridine rings is 1. The van der Waals surface area contributed by atoms with Crippen LogP contribution in [0.5, 0.6) is 5.75 Å². The van der Waals surface area contributed by atoms with E-state index in [9.17, 15) is 9.59 Å². The van der Waals surface area contributed by atoms with Crippen LogP contribution in [0, 0.1) is 0 Å². The summed E-state index contributed by atoms with van der Waals surface area (Å²) in [5.41, 5.74) is 2.41. The number of halogens is 1. The second-order valence-electron chi connectivity index (χ2n) is 6.98. The van der Waals surface area contributed by atoms with E-state index in [2.05, 4.69) is 10.3 Å². The average molecular weight is 434 g/mol. The van der Waals surface area contributed by atoms with Crippen molar-refractivity contribution in [1.82, 2.24) is 9.38 Å². The van der Waals surface area contributed by atoms with Crippen molar-refractivity contribution in [1.29, 1.82) is 0 Å². The first-order chi connectivity index (χ1) is 15.1. The first-order valence-electron chi connectivity index (χ1n) is 9.82. The number of para-hydroxylation sites is 2. The van der Waals surface area contributed by atoms with Gasteiger partial charge in [-0.2, -0.15) is 0 Å². The van der Waals surface area contributed by atoms with Gasteiger partial charge in [-0.3, -0.25) is 14.0 Å². The quantitative estimate of drug-likeness (QED) is 0.465. The van der Waals surface area contributed by atoms with Crippen LogP contribution in [0.1, 0.15) is 17.7 Å². The molecule has 1 N–H and O–H groups in total. The van der Waals surface area contributed by atoms with Crippen LogP contribution in [-0.2, 0) is 17.8 Å². The molecule has 4 aromatic rings. The molecule has 0 radical (unpaired) electrons. The van der Waals surface area contributed by atoms with Crippen LogP contribution >= 0.6 is 11.6 Å². The Kier molecular flexibility index (Phi) is 6.29. The van der Waals surface area contributed by atoms with E-state index in [0.717, 1.165) is 5.56 Å². The van der Waals surface area contributed by atoms with Crippen LogP contribution in [0.4, 0.5) is 5.69 Å². The van der Waals surface area contributed by atoms with Crippen molar-refractivity contribution in [2.24, 2.45) is 0 Å². The maximum atomic E-state index is 12.4. The van der Waals surface area contributed by atoms with Crippen molar-refractivity contribution in [3.05, 3.63) is 106 Å². The Morgan fingerprint density at radius 1 is 1.03 bits per heavy atom. The molecule has 0 saturated carbocycles. The predicted octanol–water partition coefficient (Wildman–Crippen LogP) is 4.50. The molecule has 6 nitrogen and oxygen atoms in total. The summed E-state index contributed by atoms with van der Waals surface area (Å²) in [5.74, 6) is 0.410. The van der Waals surface area contributed by atoms with E-state index in [-0.39, 0.29) is 18.1 Å². The van der Waals surface area contributed by atoms with Gasteiger partial charge >= 0.3 is 0 Å². The molecule has 4 rings (SSSR count). The van der Waals surface area contributed by atoms with Gasteiger partial charge in [-0.25, -0.2) is 4.98 Å². The van der Waals surface area contributed by atoms with E-state index in [1.807, 2.05) is 42.5 Å². The van der Waals surface area contributed by atoms with E-state index >= 15 is 0 Å². The molecule has 31 heavy (non-hydrogen) atoms. The van der Waals surface area contributed by atoms with Crippen molar-refractivity contribution in [2.75, 3.05) is 5.32 Å². The number of nitrogens with one attached hydrogen (secondary N) is 1. The highest BCUT2D eigenvalue weighted by Crippen LogP contribution is 2.25. The number of carbonyl (C=O) groups is 1. The minimum absolute atomic E-state index is 0.0886. The number of amides is 1. The van der Waals surface area contributed by atoms with Gasteiger partial charge in [0.2, 0.25) is 5.91 Å². The first-order valence-corrected chi connectivity index (χ1v) is 10.2. The summed E-state index contributed by atoms with van der Waals surface area (Å²) >= 11 is 5.94. The molecule has 0 atom stereocenters. The summed E-state index contributed by atoms with van der Waals surface area (Å²) in [5, 5.41) is 3.36. The normalized spacial score (nSPS) is 10.7. The monoisotopic (exact) mass is 433 g/mol. The molecular formula is C24H20ClN3O3. The zero-order valence-electron chi connectivity index (χ0n) is 16.6. The van der Waals surface area contributed by atoms with E-state index in [0.29, 0.717) is 40.6 Å². The minimum atomic E-state index is -0.242. The molecule has 0 bridgehead atoms. The van der Waals surface area contributed by atoms with Crippen LogP contribution in [0.15, 0.2) is 83.8 Å². The standard InChI is InChI=1S/C24H20ClN3O3/c25-18-11-12-22-26-19(14-24(30)28(22)15-18)16-31-21-9-5-4-8-20(21)27-23(29)13-10-17-6-2-1-3-7-17/h1-9,11-12,14-15H,10,13,16H2,(H,27,29). The van der Waals surface area contributed by atoms with E-state index in [4.69, 9.17) is 16.3 Å². The van der Waals surface area contributed by atoms with Gasteiger partial charge in [0.05, 0.1) is 16.4 Å². The maximum absolute atomic E-state index is 12.4. The number of aryl methyl sites for hydroxylation is 1. The van der Waals surface area contributed by atoms with Crippen LogP contribution in [0.2, 0.25) is 5.02 Å². The highest BCUT2D eigenvalue weighted by atomic mass is 35.5. The Balaban J connectivity index is 1.43. The van der Waals surface area contributed by atoms with Crippen molar-refractivity contribution in [3.8, 4) is 5.75 Å². The number of rotatable bonds is 7. The molecule has 2 aromatic carbocycles. The predicted molar refractivity (Wildman–Crippen MR) is 121 cm³/mol. The van der Waals surface area contributed by atoms with E-state index < -0.39 is 0 Å². The summed E-state index contributed by atoms with van der Waals surface area (Å²) in [6.07, 6.45) is 2.55. The molecule has 7 heteroatoms. The molecule has 1 amide bonds. The molecule has 0 aliphatic heterocycles. The SMILES string of the molecule is O=C(CCc1ccccc1)Nc1ccccc1OCc1cc(=O)n2cc(Cl)ccc2n1. The highest BCUT2D eigenvalue weighted by Gasteiger charge is 2.10. The third kappa shape index (κ3) is 5.29. The summed E-state index contributed by atoms with van der Waals surface area (Å²) in [6, 6.07) is 21.8. The lowest BCUT2D eigenvalue weighted by molar-refractivity contribution is -0.116. The molecule has 0 unspecified atom stereocenters. The van der Waals surface area contributed by atoms with E-state index in [1.54, 1.807) is 24.3 Å². The fraction of sp³-hybridized carbons (Fsp3) is 0.125. The number of fused-ring (bicyclic) bond motifs is 1. The zero-order chi connectivity index (χ0) is 21.6. The van der Waals surface area contributed by atoms with Crippen molar-refractivity contribution in [2.45, 2.75) is 19.4 Å². The largest absolute Gasteiger partial charge is 0.485 e. The molecule has 2 aromatic heterocycles. The fourth-order valence-corrected chi connectivity index (χ4v) is 3.32. The minimum Gasteiger partial charge on any atom is -0.485 e. The van der Waals surface area contributed by atoms with Gasteiger partial charge in [-0.05, 0) is 36.2 Å². The van der Waals surface area contributed by atoms with Crippen LogP contribution in [0.3, 0.4) is 0 Å². The highest BCUT2D eigenvalue weighted by molar-refractivity contribution is 6.30. The van der Waals surface area contributed by atoms with Crippen LogP contribution < -0.4 is 15.6 Å². The third-order valence-corrected chi connectivity index (χ3v) is 4.92. The second kappa shape index (κ2) is 9.45. The zero-order valence-corrected chi connectivity index (χ0v) is 17.4. The molecular weight excluding hydrogens is 414 g/mol. The third-order valence-electron chi connectivity index (χ3n) is 4.70. The lowest BCUT2D eigenvalue weighted by atomic mass is 10.1. The molecule has 0 saturated heterocycles. The summed E-state index contributed by atoms with van der Waals surface area (Å²) in [7, 11) is 0. The van der Waals surface area contributed by atoms with Gasteiger partial charge in [0.1, 0.15) is 18.0 Å². The lowest BCUT2D eigenvalue weighted by Gasteiger charge is -2.12. The lowest BCUT2D eigenvalue weighted by Crippen LogP contribution is -2.16. The van der Waals surface area contributed by atoms with Crippen LogP contribution in [-0.4, -0.2) is 15.3 Å². The topological polar surface area (TPSA) is 72.7 Å². The van der Waals surface area contributed by atoms with Gasteiger partial charge in [0, 0.05) is 18.7 Å². The van der Waals surface area contributed by atoms with Gasteiger partial charge in [0.15, 0.2) is 0 Å². The maximum Gasteiger partial charge on any atom is 0.258 e. The van der Waals surface area contributed by atoms with Gasteiger partial charge < -0.3 is 10.1 Å². The number of hydrogen-bond acceptors (Lipinski definition) is 4. The molecule has 0 aliphatic carbocycles. The number of ether oxygens (including phenoxy) is 1. The van der Waals surface area contributed by atoms with Gasteiger partial charge in [0.25, 0.3) is 5.56 Å². The van der Waals surface area contributed by atoms with E-state index in [1.165, 1.54) is 16.7 Å². The fourth-order valence-electron chi connectivity index (χ4n) is 3.16. The summed E-state index contributed by atoms with van der Waals surface area (Å²) < 4.78 is 7.24. The Morgan fingerprint density at radius 3 is 2.65 bits per heavy atom. The molecule has 2 heterocycles. The molecule has 0 fully saturated rings. The summed E-state index contributed by atoms with van der Waals surface area (Å²) in [6.45, 7) is 0.0886. The van der Waals surface area contributed by atoms with Crippen molar-refractivity contribution in [3.63, 3.8) is 0 Å². The van der Waals surface area contributed by atoms with Gasteiger partial charge in [-0.15, -0.1) is 0 Å². The molecule has 0 spiro atoms. The number of hydrogen-bond donors (Lipinski definition) is 1. The second-order valence-corrected chi connectivity index (χ2v) is 7.42. The number of aromatic nitrogens is 2. The average Bonchev–Trinajstić information content (AvgIpc) is 2.78. The number of anilines is 1. The Labute approximate surface area is 184 Å². The Morgan fingerprint density at radius 2 is 1.81 bits per heavy atom. The Bertz CT molecular complexity index is 1270. The van der Waals surface area contributed by atoms with Crippen molar-refractivity contribution < 1.29 is 9.53 Å². The van der Waals surface area contributed by atoms with Gasteiger partial charge in [-0.1, -0.05) is 54.1 Å². The number of nitrogens with zero attached hydrogens (tertiary/aromatic N) is 2. The molecule has 0 aliphatic rings. The smallest absolute Gasteiger partial charge is 0.258 e. The van der Waals surface area contributed by atoms with Crippen LogP contribution in [0.25, 0.3) is 5.65 Å². The molecule has 156 valence electrons.